The minimum absolute atomic E-state index is 0.0831. The predicted octanol–water partition coefficient (Wildman–Crippen LogP) is 7.44. The lowest BCUT2D eigenvalue weighted by Gasteiger charge is -2.33. The van der Waals surface area contributed by atoms with Crippen molar-refractivity contribution in [3.63, 3.8) is 0 Å². The van der Waals surface area contributed by atoms with Crippen LogP contribution in [-0.2, 0) is 0 Å². The fourth-order valence-corrected chi connectivity index (χ4v) is 4.27. The van der Waals surface area contributed by atoms with Gasteiger partial charge in [0.05, 0.1) is 12.7 Å². The second-order valence-corrected chi connectivity index (χ2v) is 9.18. The Morgan fingerprint density at radius 2 is 1.88 bits per heavy atom. The van der Waals surface area contributed by atoms with Crippen molar-refractivity contribution >= 4 is 17.4 Å². The summed E-state index contributed by atoms with van der Waals surface area (Å²) in [4.78, 5) is 12.6. The van der Waals surface area contributed by atoms with E-state index in [1.807, 2.05) is 12.2 Å². The second kappa shape index (κ2) is 10.1. The number of nitrogens with one attached hydrogen (secondary N) is 1. The normalized spacial score (nSPS) is 16.5. The number of carbonyl (C=O) groups excluding carboxylic acids is 1. The molecule has 5 heteroatoms. The van der Waals surface area contributed by atoms with Crippen molar-refractivity contribution in [2.24, 2.45) is 5.41 Å². The molecule has 3 rings (SSSR count). The van der Waals surface area contributed by atoms with Crippen LogP contribution in [0.15, 0.2) is 71.3 Å². The number of halogens is 1. The maximum atomic E-state index is 15.3. The largest absolute Gasteiger partial charge is 0.508 e. The maximum Gasteiger partial charge on any atom is 0.255 e. The third-order valence-electron chi connectivity index (χ3n) is 6.21. The number of phenolic OH excluding ortho intramolecular Hbond substituents is 1. The van der Waals surface area contributed by atoms with E-state index in [0.29, 0.717) is 22.4 Å². The first-order chi connectivity index (χ1) is 15.6. The SMILES string of the molecule is COc1cc(C(=O)Nc2ccc(O)cc2)ccc1/C(F)=C(C)/C=C/C1=C(C)CCCC1(C)C. The zero-order valence-electron chi connectivity index (χ0n) is 20.0. The van der Waals surface area contributed by atoms with E-state index < -0.39 is 0 Å². The molecule has 2 aromatic carbocycles. The summed E-state index contributed by atoms with van der Waals surface area (Å²) in [5.41, 5.74) is 4.40. The molecule has 33 heavy (non-hydrogen) atoms. The van der Waals surface area contributed by atoms with E-state index >= 15 is 4.39 Å². The second-order valence-electron chi connectivity index (χ2n) is 9.18. The molecule has 0 radical (unpaired) electrons. The van der Waals surface area contributed by atoms with Crippen molar-refractivity contribution in [3.05, 3.63) is 82.5 Å². The number of benzene rings is 2. The number of carbonyl (C=O) groups is 1. The number of phenols is 1. The van der Waals surface area contributed by atoms with Gasteiger partial charge in [0.1, 0.15) is 17.3 Å². The van der Waals surface area contributed by atoms with E-state index in [9.17, 15) is 9.90 Å². The molecule has 0 unspecified atom stereocenters. The van der Waals surface area contributed by atoms with Crippen molar-refractivity contribution < 1.29 is 19.0 Å². The van der Waals surface area contributed by atoms with Crippen molar-refractivity contribution in [1.29, 1.82) is 0 Å². The average molecular weight is 450 g/mol. The highest BCUT2D eigenvalue weighted by Crippen LogP contribution is 2.41. The van der Waals surface area contributed by atoms with Crippen LogP contribution >= 0.6 is 0 Å². The number of hydrogen-bond acceptors (Lipinski definition) is 3. The van der Waals surface area contributed by atoms with Crippen molar-refractivity contribution in [3.8, 4) is 11.5 Å². The predicted molar refractivity (Wildman–Crippen MR) is 132 cm³/mol. The van der Waals surface area contributed by atoms with Crippen LogP contribution in [0.3, 0.4) is 0 Å². The van der Waals surface area contributed by atoms with Gasteiger partial charge in [-0.25, -0.2) is 4.39 Å². The zero-order chi connectivity index (χ0) is 24.2. The van der Waals surface area contributed by atoms with E-state index in [2.05, 4.69) is 26.1 Å². The Kier molecular flexibility index (Phi) is 7.42. The molecular formula is C28H32FNO3. The Hall–Kier alpha value is -3.34. The van der Waals surface area contributed by atoms with E-state index in [-0.39, 0.29) is 28.6 Å². The van der Waals surface area contributed by atoms with Gasteiger partial charge in [0.15, 0.2) is 0 Å². The van der Waals surface area contributed by atoms with Gasteiger partial charge in [0.25, 0.3) is 5.91 Å². The molecule has 0 aliphatic heterocycles. The molecule has 2 aromatic rings. The molecule has 0 atom stereocenters. The lowest BCUT2D eigenvalue weighted by molar-refractivity contribution is 0.102. The van der Waals surface area contributed by atoms with Crippen LogP contribution in [0.1, 0.15) is 62.9 Å². The summed E-state index contributed by atoms with van der Waals surface area (Å²) in [6.07, 6.45) is 7.25. The Morgan fingerprint density at radius 3 is 2.52 bits per heavy atom. The number of anilines is 1. The fourth-order valence-electron chi connectivity index (χ4n) is 4.27. The highest BCUT2D eigenvalue weighted by Gasteiger charge is 2.26. The first-order valence-corrected chi connectivity index (χ1v) is 11.2. The minimum atomic E-state index is -0.388. The summed E-state index contributed by atoms with van der Waals surface area (Å²) in [5, 5.41) is 12.1. The quantitative estimate of drug-likeness (QED) is 0.356. The van der Waals surface area contributed by atoms with Gasteiger partial charge in [0.2, 0.25) is 0 Å². The van der Waals surface area contributed by atoms with Crippen LogP contribution in [0.4, 0.5) is 10.1 Å². The van der Waals surface area contributed by atoms with E-state index in [1.54, 1.807) is 31.2 Å². The van der Waals surface area contributed by atoms with E-state index in [0.717, 1.165) is 12.8 Å². The van der Waals surface area contributed by atoms with Crippen LogP contribution in [0.2, 0.25) is 0 Å². The average Bonchev–Trinajstić information content (AvgIpc) is 2.78. The maximum absolute atomic E-state index is 15.3. The van der Waals surface area contributed by atoms with Crippen molar-refractivity contribution in [2.45, 2.75) is 47.0 Å². The van der Waals surface area contributed by atoms with Gasteiger partial charge in [-0.15, -0.1) is 0 Å². The summed E-state index contributed by atoms with van der Waals surface area (Å²) in [6, 6.07) is 10.8. The molecule has 1 aliphatic carbocycles. The third kappa shape index (κ3) is 5.72. The van der Waals surface area contributed by atoms with Crippen LogP contribution in [0.5, 0.6) is 11.5 Å². The molecule has 0 bridgehead atoms. The summed E-state index contributed by atoms with van der Waals surface area (Å²) >= 11 is 0. The number of hydrogen-bond donors (Lipinski definition) is 2. The summed E-state index contributed by atoms with van der Waals surface area (Å²) < 4.78 is 20.7. The topological polar surface area (TPSA) is 58.6 Å². The number of aromatic hydroxyl groups is 1. The number of methoxy groups -OCH3 is 1. The van der Waals surface area contributed by atoms with Gasteiger partial charge in [-0.2, -0.15) is 0 Å². The molecule has 1 amide bonds. The zero-order valence-corrected chi connectivity index (χ0v) is 20.0. The van der Waals surface area contributed by atoms with Gasteiger partial charge < -0.3 is 15.2 Å². The third-order valence-corrected chi connectivity index (χ3v) is 6.21. The van der Waals surface area contributed by atoms with Gasteiger partial charge in [-0.3, -0.25) is 4.79 Å². The molecule has 1 aliphatic rings. The molecule has 0 saturated heterocycles. The van der Waals surface area contributed by atoms with Crippen molar-refractivity contribution in [1.82, 2.24) is 0 Å². The van der Waals surface area contributed by atoms with Crippen molar-refractivity contribution in [2.75, 3.05) is 12.4 Å². The molecule has 0 spiro atoms. The first kappa shape index (κ1) is 24.3. The molecule has 2 N–H and O–H groups in total. The van der Waals surface area contributed by atoms with Crippen LogP contribution in [0, 0.1) is 5.41 Å². The molecular weight excluding hydrogens is 417 g/mol. The molecule has 0 saturated carbocycles. The van der Waals surface area contributed by atoms with Gasteiger partial charge in [-0.1, -0.05) is 31.6 Å². The highest BCUT2D eigenvalue weighted by atomic mass is 19.1. The Bertz CT molecular complexity index is 1120. The number of rotatable bonds is 6. The minimum Gasteiger partial charge on any atom is -0.508 e. The van der Waals surface area contributed by atoms with E-state index in [1.165, 1.54) is 42.9 Å². The standard InChI is InChI=1S/C28H32FNO3/c1-18-7-6-16-28(3,4)24(18)15-8-19(2)26(29)23-14-9-20(17-25(23)33-5)27(32)30-21-10-12-22(31)13-11-21/h8-15,17,31H,6-7,16H2,1-5H3,(H,30,32)/b15-8+,26-19-. The van der Waals surface area contributed by atoms with Crippen LogP contribution in [0.25, 0.3) is 5.83 Å². The molecule has 174 valence electrons. The number of ether oxygens (including phenoxy) is 1. The molecule has 0 aromatic heterocycles. The number of allylic oxidation sites excluding steroid dienone is 5. The van der Waals surface area contributed by atoms with Crippen LogP contribution in [-0.4, -0.2) is 18.1 Å². The monoisotopic (exact) mass is 449 g/mol. The van der Waals surface area contributed by atoms with Gasteiger partial charge in [-0.05, 0) is 92.1 Å². The van der Waals surface area contributed by atoms with Crippen LogP contribution < -0.4 is 10.1 Å². The highest BCUT2D eigenvalue weighted by molar-refractivity contribution is 6.04. The smallest absolute Gasteiger partial charge is 0.255 e. The first-order valence-electron chi connectivity index (χ1n) is 11.2. The molecule has 4 nitrogen and oxygen atoms in total. The molecule has 0 heterocycles. The summed E-state index contributed by atoms with van der Waals surface area (Å²) in [5.74, 6) is -0.342. The Balaban J connectivity index is 1.85. The summed E-state index contributed by atoms with van der Waals surface area (Å²) in [6.45, 7) is 8.36. The van der Waals surface area contributed by atoms with Gasteiger partial charge in [0, 0.05) is 11.3 Å². The lowest BCUT2D eigenvalue weighted by atomic mass is 9.72. The summed E-state index contributed by atoms with van der Waals surface area (Å²) in [7, 11) is 1.46. The Morgan fingerprint density at radius 1 is 1.18 bits per heavy atom. The molecule has 0 fully saturated rings. The lowest BCUT2D eigenvalue weighted by Crippen LogP contribution is -2.19. The fraction of sp³-hybridized carbons (Fsp3) is 0.321. The Labute approximate surface area is 195 Å². The number of amides is 1. The van der Waals surface area contributed by atoms with Gasteiger partial charge >= 0.3 is 0 Å². The van der Waals surface area contributed by atoms with E-state index in [4.69, 9.17) is 4.74 Å².